The third kappa shape index (κ3) is 6.51. The largest absolute Gasteiger partial charge is 0.493 e. The quantitative estimate of drug-likeness (QED) is 0.228. The highest BCUT2D eigenvalue weighted by atomic mass is 31.0. The molecule has 0 aromatic heterocycles. The Morgan fingerprint density at radius 2 is 1.53 bits per heavy atom. The maximum Gasteiger partial charge on any atom is 0.131 e. The monoisotopic (exact) mass is 550 g/mol. The maximum absolute atomic E-state index is 15.7. The van der Waals surface area contributed by atoms with Gasteiger partial charge in [-0.3, -0.25) is 0 Å². The van der Waals surface area contributed by atoms with Crippen LogP contribution in [0.4, 0.5) is 4.39 Å². The Kier molecular flexibility index (Phi) is 10.4. The molecule has 1 aliphatic carbocycles. The number of rotatable bonds is 10. The van der Waals surface area contributed by atoms with Crippen LogP contribution in [0, 0.1) is 24.6 Å². The summed E-state index contributed by atoms with van der Waals surface area (Å²) < 4.78 is 22.1. The van der Waals surface area contributed by atoms with Crippen molar-refractivity contribution in [2.24, 2.45) is 11.8 Å². The highest BCUT2D eigenvalue weighted by Crippen LogP contribution is 2.40. The molecule has 4 heteroatoms. The summed E-state index contributed by atoms with van der Waals surface area (Å²) in [5.74, 6) is 2.88. The van der Waals surface area contributed by atoms with Gasteiger partial charge in [-0.1, -0.05) is 82.9 Å². The summed E-state index contributed by atoms with van der Waals surface area (Å²) in [7, 11) is 5.67. The van der Waals surface area contributed by atoms with Gasteiger partial charge in [-0.25, -0.2) is 4.39 Å². The van der Waals surface area contributed by atoms with Crippen LogP contribution in [0.5, 0.6) is 5.75 Å². The van der Waals surface area contributed by atoms with Crippen LogP contribution in [0.2, 0.25) is 0 Å². The fourth-order valence-corrected chi connectivity index (χ4v) is 6.71. The Labute approximate surface area is 234 Å². The Balaban J connectivity index is 1.61. The molecule has 0 spiro atoms. The van der Waals surface area contributed by atoms with Gasteiger partial charge in [0, 0.05) is 11.1 Å². The van der Waals surface area contributed by atoms with Crippen molar-refractivity contribution in [3.63, 3.8) is 0 Å². The number of ether oxygens (including phenoxy) is 1. The van der Waals surface area contributed by atoms with E-state index in [4.69, 9.17) is 4.74 Å². The molecule has 1 aliphatic rings. The molecule has 1 fully saturated rings. The van der Waals surface area contributed by atoms with Gasteiger partial charge in [-0.05, 0) is 95.4 Å². The van der Waals surface area contributed by atoms with Gasteiger partial charge in [0.05, 0.1) is 6.61 Å². The van der Waals surface area contributed by atoms with Gasteiger partial charge in [0.15, 0.2) is 0 Å². The lowest BCUT2D eigenvalue weighted by molar-refractivity contribution is 0.237. The highest BCUT2D eigenvalue weighted by molar-refractivity contribution is 7.15. The predicted molar refractivity (Wildman–Crippen MR) is 169 cm³/mol. The first-order valence-corrected chi connectivity index (χ1v) is 16.1. The summed E-state index contributed by atoms with van der Waals surface area (Å²) in [6.45, 7) is 9.63. The van der Waals surface area contributed by atoms with E-state index in [-0.39, 0.29) is 5.82 Å². The molecule has 2 unspecified atom stereocenters. The van der Waals surface area contributed by atoms with Crippen molar-refractivity contribution < 1.29 is 9.13 Å². The minimum absolute atomic E-state index is 0.175. The van der Waals surface area contributed by atoms with E-state index < -0.39 is 0 Å². The summed E-state index contributed by atoms with van der Waals surface area (Å²) in [6.07, 6.45) is 8.97. The van der Waals surface area contributed by atoms with E-state index >= 15 is 4.39 Å². The molecule has 3 aromatic carbocycles. The van der Waals surface area contributed by atoms with E-state index in [1.807, 2.05) is 6.07 Å². The number of halogens is 1. The smallest absolute Gasteiger partial charge is 0.131 e. The molecule has 0 saturated heterocycles. The average molecular weight is 551 g/mol. The molecule has 0 aliphatic heterocycles. The highest BCUT2D eigenvalue weighted by Gasteiger charge is 2.21. The lowest BCUT2D eigenvalue weighted by Gasteiger charge is -2.26. The summed E-state index contributed by atoms with van der Waals surface area (Å²) >= 11 is 0. The fourth-order valence-electron chi connectivity index (χ4n) is 5.91. The molecule has 4 rings (SSSR count). The van der Waals surface area contributed by atoms with Crippen molar-refractivity contribution in [1.29, 1.82) is 0 Å². The minimum atomic E-state index is -0.175. The van der Waals surface area contributed by atoms with Crippen LogP contribution in [-0.4, -0.2) is 6.61 Å². The van der Waals surface area contributed by atoms with Crippen molar-refractivity contribution in [3.8, 4) is 28.0 Å². The van der Waals surface area contributed by atoms with Crippen molar-refractivity contribution in [1.82, 2.24) is 0 Å². The molecule has 38 heavy (non-hydrogen) atoms. The molecule has 1 nitrogen and oxygen atoms in total. The van der Waals surface area contributed by atoms with Gasteiger partial charge in [-0.15, -0.1) is 18.5 Å². The van der Waals surface area contributed by atoms with Crippen molar-refractivity contribution in [3.05, 3.63) is 76.6 Å². The van der Waals surface area contributed by atoms with E-state index in [2.05, 4.69) is 82.6 Å². The molecule has 0 radical (unpaired) electrons. The summed E-state index contributed by atoms with van der Waals surface area (Å²) in [5.41, 5.74) is 8.42. The van der Waals surface area contributed by atoms with Crippen LogP contribution in [-0.2, 0) is 12.3 Å². The second-order valence-electron chi connectivity index (χ2n) is 11.2. The first-order chi connectivity index (χ1) is 18.4. The van der Waals surface area contributed by atoms with Gasteiger partial charge in [-0.2, -0.15) is 0 Å². The van der Waals surface area contributed by atoms with Crippen LogP contribution in [0.3, 0.4) is 0 Å². The van der Waals surface area contributed by atoms with Gasteiger partial charge in [0.2, 0.25) is 0 Å². The number of benzene rings is 3. The Morgan fingerprint density at radius 3 is 2.11 bits per heavy atom. The van der Waals surface area contributed by atoms with Gasteiger partial charge < -0.3 is 4.74 Å². The summed E-state index contributed by atoms with van der Waals surface area (Å²) in [6, 6.07) is 16.7. The van der Waals surface area contributed by atoms with Crippen LogP contribution < -0.4 is 4.74 Å². The standard InChI is InChI=1S/C34H45FOP2/c1-5-24(6-2)19-36-34-29(20-37)17-31(23(4)32(34)21-38)30-16-15-28(18-33(30)35)27-13-11-26(12-14-27)25-9-7-22(3)8-10-25/h11-18,22,24-25H,5-10,19-21,37-38H2,1-4H3. The van der Waals surface area contributed by atoms with E-state index in [0.29, 0.717) is 17.4 Å². The minimum Gasteiger partial charge on any atom is -0.493 e. The van der Waals surface area contributed by atoms with E-state index in [1.54, 1.807) is 6.07 Å². The SMILES string of the molecule is CCC(CC)COc1c(CP)cc(-c2ccc(-c3ccc(C4CCC(C)CC4)cc3)cc2F)c(C)c1CP. The van der Waals surface area contributed by atoms with Crippen LogP contribution in [0.15, 0.2) is 48.5 Å². The molecule has 0 amide bonds. The van der Waals surface area contributed by atoms with Crippen molar-refractivity contribution >= 4 is 18.5 Å². The topological polar surface area (TPSA) is 9.23 Å². The van der Waals surface area contributed by atoms with Crippen molar-refractivity contribution in [2.45, 2.75) is 84.5 Å². The fraction of sp³-hybridized carbons (Fsp3) is 0.471. The predicted octanol–water partition coefficient (Wildman–Crippen LogP) is 10.3. The molecular weight excluding hydrogens is 505 g/mol. The zero-order chi connectivity index (χ0) is 27.2. The molecule has 204 valence electrons. The second kappa shape index (κ2) is 13.5. The van der Waals surface area contributed by atoms with Gasteiger partial charge in [0.25, 0.3) is 0 Å². The molecule has 2 atom stereocenters. The summed E-state index contributed by atoms with van der Waals surface area (Å²) in [4.78, 5) is 0. The first kappa shape index (κ1) is 29.2. The van der Waals surface area contributed by atoms with E-state index in [1.165, 1.54) is 31.2 Å². The lowest BCUT2D eigenvalue weighted by atomic mass is 9.79. The molecule has 0 heterocycles. The zero-order valence-corrected chi connectivity index (χ0v) is 26.0. The Hall–Kier alpha value is -1.75. The van der Waals surface area contributed by atoms with Crippen LogP contribution in [0.25, 0.3) is 22.3 Å². The van der Waals surface area contributed by atoms with Gasteiger partial charge >= 0.3 is 0 Å². The third-order valence-corrected chi connectivity index (χ3v) is 9.62. The normalized spacial score (nSPS) is 17.7. The average Bonchev–Trinajstić information content (AvgIpc) is 2.94. The molecular formula is C34H45FOP2. The molecule has 0 bridgehead atoms. The molecule has 0 N–H and O–H groups in total. The summed E-state index contributed by atoms with van der Waals surface area (Å²) in [5, 5.41) is 0. The first-order valence-electron chi connectivity index (χ1n) is 14.5. The van der Waals surface area contributed by atoms with Crippen LogP contribution >= 0.6 is 18.5 Å². The Morgan fingerprint density at radius 1 is 0.868 bits per heavy atom. The molecule has 3 aromatic rings. The van der Waals surface area contributed by atoms with Crippen molar-refractivity contribution in [2.75, 3.05) is 6.61 Å². The molecule has 1 saturated carbocycles. The van der Waals surface area contributed by atoms with E-state index in [9.17, 15) is 0 Å². The van der Waals surface area contributed by atoms with Crippen LogP contribution in [0.1, 0.15) is 87.5 Å². The van der Waals surface area contributed by atoms with E-state index in [0.717, 1.165) is 76.8 Å². The Bertz CT molecular complexity index is 1210. The third-order valence-electron chi connectivity index (χ3n) is 8.77. The second-order valence-corrected chi connectivity index (χ2v) is 12.0. The number of hydrogen-bond donors (Lipinski definition) is 0. The maximum atomic E-state index is 15.7. The zero-order valence-electron chi connectivity index (χ0n) is 23.7. The number of hydrogen-bond acceptors (Lipinski definition) is 1. The van der Waals surface area contributed by atoms with Gasteiger partial charge in [0.1, 0.15) is 11.6 Å². The lowest BCUT2D eigenvalue weighted by Crippen LogP contribution is -2.13.